The number of amides is 1. The lowest BCUT2D eigenvalue weighted by Gasteiger charge is -2.14. The fourth-order valence-corrected chi connectivity index (χ4v) is 3.78. The summed E-state index contributed by atoms with van der Waals surface area (Å²) in [5.74, 6) is -1.22. The van der Waals surface area contributed by atoms with Gasteiger partial charge in [-0.05, 0) is 40.8 Å². The smallest absolute Gasteiger partial charge is 0.407 e. The van der Waals surface area contributed by atoms with E-state index in [0.717, 1.165) is 11.1 Å². The normalized spacial score (nSPS) is 12.6. The van der Waals surface area contributed by atoms with Gasteiger partial charge in [0.2, 0.25) is 0 Å². The summed E-state index contributed by atoms with van der Waals surface area (Å²) in [5, 5.41) is 2.67. The first kappa shape index (κ1) is 19.8. The van der Waals surface area contributed by atoms with Crippen LogP contribution in [0, 0.1) is 11.6 Å². The molecule has 30 heavy (non-hydrogen) atoms. The van der Waals surface area contributed by atoms with E-state index in [9.17, 15) is 13.6 Å². The molecule has 0 bridgehead atoms. The van der Waals surface area contributed by atoms with Gasteiger partial charge in [-0.15, -0.1) is 0 Å². The van der Waals surface area contributed by atoms with E-state index in [1.165, 1.54) is 35.4 Å². The van der Waals surface area contributed by atoms with E-state index in [4.69, 9.17) is 4.74 Å². The van der Waals surface area contributed by atoms with Crippen molar-refractivity contribution in [2.45, 2.75) is 12.3 Å². The zero-order chi connectivity index (χ0) is 20.9. The maximum absolute atomic E-state index is 13.6. The number of benzene rings is 3. The Hall–Kier alpha value is -3.47. The van der Waals surface area contributed by atoms with Gasteiger partial charge in [-0.3, -0.25) is 0 Å². The predicted molar refractivity (Wildman–Crippen MR) is 113 cm³/mol. The minimum atomic E-state index is -0.615. The Morgan fingerprint density at radius 3 is 2.13 bits per heavy atom. The second-order valence-corrected chi connectivity index (χ2v) is 7.08. The second kappa shape index (κ2) is 8.91. The van der Waals surface area contributed by atoms with Crippen LogP contribution in [-0.2, 0) is 4.74 Å². The number of ether oxygens (including phenoxy) is 1. The predicted octanol–water partition coefficient (Wildman–Crippen LogP) is 5.91. The maximum atomic E-state index is 13.6. The number of hydrogen-bond donors (Lipinski definition) is 1. The third-order valence-corrected chi connectivity index (χ3v) is 5.21. The van der Waals surface area contributed by atoms with Crippen molar-refractivity contribution in [2.75, 3.05) is 13.2 Å². The van der Waals surface area contributed by atoms with Gasteiger partial charge in [0.25, 0.3) is 0 Å². The van der Waals surface area contributed by atoms with Crippen LogP contribution in [0.1, 0.15) is 29.0 Å². The van der Waals surface area contributed by atoms with E-state index in [0.29, 0.717) is 13.0 Å². The minimum absolute atomic E-state index is 0.00655. The third-order valence-electron chi connectivity index (χ3n) is 5.21. The molecule has 0 fully saturated rings. The molecule has 152 valence electrons. The van der Waals surface area contributed by atoms with Gasteiger partial charge < -0.3 is 10.1 Å². The summed E-state index contributed by atoms with van der Waals surface area (Å²) in [4.78, 5) is 12.1. The Bertz CT molecular complexity index is 1030. The van der Waals surface area contributed by atoms with Crippen LogP contribution in [-0.4, -0.2) is 19.2 Å². The lowest BCUT2D eigenvalue weighted by Crippen LogP contribution is -2.26. The first-order valence-corrected chi connectivity index (χ1v) is 9.84. The molecule has 1 amide bonds. The van der Waals surface area contributed by atoms with Gasteiger partial charge in [-0.25, -0.2) is 13.6 Å². The van der Waals surface area contributed by atoms with Crippen molar-refractivity contribution >= 4 is 12.2 Å². The third kappa shape index (κ3) is 4.10. The van der Waals surface area contributed by atoms with Crippen molar-refractivity contribution in [2.24, 2.45) is 0 Å². The molecule has 1 aliphatic rings. The Balaban J connectivity index is 1.29. The molecule has 3 nitrogen and oxygen atoms in total. The Morgan fingerprint density at radius 2 is 1.50 bits per heavy atom. The fourth-order valence-electron chi connectivity index (χ4n) is 3.78. The summed E-state index contributed by atoms with van der Waals surface area (Å²) in [6, 6.07) is 20.0. The molecule has 0 aromatic heterocycles. The average Bonchev–Trinajstić information content (AvgIpc) is 3.08. The lowest BCUT2D eigenvalue weighted by atomic mass is 9.98. The standard InChI is InChI=1S/C25H21F2NO2/c26-23-13-7-14-24(27)21(23)12-5-6-15-28-25(29)30-16-22-19-10-3-1-8-17(19)18-9-2-4-11-20(18)22/h1-5,7-14,22H,6,15-16H2,(H,28,29). The van der Waals surface area contributed by atoms with Crippen LogP contribution >= 0.6 is 0 Å². The largest absolute Gasteiger partial charge is 0.449 e. The maximum Gasteiger partial charge on any atom is 0.407 e. The number of carbonyl (C=O) groups is 1. The average molecular weight is 405 g/mol. The Morgan fingerprint density at radius 1 is 0.900 bits per heavy atom. The van der Waals surface area contributed by atoms with Crippen molar-refractivity contribution in [1.29, 1.82) is 0 Å². The summed E-state index contributed by atoms with van der Waals surface area (Å²) >= 11 is 0. The van der Waals surface area contributed by atoms with Crippen molar-refractivity contribution in [1.82, 2.24) is 5.32 Å². The molecule has 0 unspecified atom stereocenters. The molecule has 3 aromatic rings. The highest BCUT2D eigenvalue weighted by Crippen LogP contribution is 2.44. The van der Waals surface area contributed by atoms with Gasteiger partial charge in [0.1, 0.15) is 18.2 Å². The number of alkyl carbamates (subject to hydrolysis) is 1. The second-order valence-electron chi connectivity index (χ2n) is 7.08. The van der Waals surface area contributed by atoms with Crippen molar-refractivity contribution < 1.29 is 18.3 Å². The molecule has 1 N–H and O–H groups in total. The minimum Gasteiger partial charge on any atom is -0.449 e. The topological polar surface area (TPSA) is 38.3 Å². The summed E-state index contributed by atoms with van der Waals surface area (Å²) in [6.45, 7) is 0.555. The fraction of sp³-hybridized carbons (Fsp3) is 0.160. The van der Waals surface area contributed by atoms with Gasteiger partial charge in [-0.1, -0.05) is 66.7 Å². The molecule has 1 aliphatic carbocycles. The SMILES string of the molecule is O=C(NCCC=Cc1c(F)cccc1F)OCC1c2ccccc2-c2ccccc21. The van der Waals surface area contributed by atoms with Crippen molar-refractivity contribution in [3.05, 3.63) is 101 Å². The van der Waals surface area contributed by atoms with E-state index in [1.807, 2.05) is 24.3 Å². The molecular weight excluding hydrogens is 384 g/mol. The summed E-state index contributed by atoms with van der Waals surface area (Å²) in [5.41, 5.74) is 4.57. The van der Waals surface area contributed by atoms with Crippen LogP contribution in [0.25, 0.3) is 17.2 Å². The zero-order valence-corrected chi connectivity index (χ0v) is 16.3. The molecule has 3 aromatic carbocycles. The van der Waals surface area contributed by atoms with Crippen LogP contribution in [0.2, 0.25) is 0 Å². The van der Waals surface area contributed by atoms with Gasteiger partial charge in [0, 0.05) is 18.0 Å². The number of nitrogens with one attached hydrogen (secondary N) is 1. The van der Waals surface area contributed by atoms with Crippen LogP contribution < -0.4 is 5.32 Å². The first-order valence-electron chi connectivity index (χ1n) is 9.84. The quantitative estimate of drug-likeness (QED) is 0.518. The number of halogens is 2. The molecule has 4 rings (SSSR count). The number of carbonyl (C=O) groups excluding carboxylic acids is 1. The van der Waals surface area contributed by atoms with Crippen LogP contribution in [0.15, 0.2) is 72.8 Å². The summed E-state index contributed by atoms with van der Waals surface area (Å²) < 4.78 is 32.6. The molecule has 5 heteroatoms. The van der Waals surface area contributed by atoms with E-state index in [-0.39, 0.29) is 18.1 Å². The zero-order valence-electron chi connectivity index (χ0n) is 16.3. The van der Waals surface area contributed by atoms with Crippen molar-refractivity contribution in [3.63, 3.8) is 0 Å². The van der Waals surface area contributed by atoms with E-state index in [1.54, 1.807) is 6.08 Å². The van der Waals surface area contributed by atoms with Gasteiger partial charge in [-0.2, -0.15) is 0 Å². The molecule has 0 spiro atoms. The van der Waals surface area contributed by atoms with Crippen LogP contribution in [0.3, 0.4) is 0 Å². The number of fused-ring (bicyclic) bond motifs is 3. The molecule has 0 saturated heterocycles. The molecule has 0 heterocycles. The Kier molecular flexibility index (Phi) is 5.89. The lowest BCUT2D eigenvalue weighted by molar-refractivity contribution is 0.143. The number of rotatable bonds is 6. The van der Waals surface area contributed by atoms with E-state index in [2.05, 4.69) is 29.6 Å². The first-order chi connectivity index (χ1) is 14.6. The molecular formula is C25H21F2NO2. The summed E-state index contributed by atoms with van der Waals surface area (Å²) in [7, 11) is 0. The van der Waals surface area contributed by atoms with Crippen LogP contribution in [0.5, 0.6) is 0 Å². The monoisotopic (exact) mass is 405 g/mol. The Labute approximate surface area is 174 Å². The highest BCUT2D eigenvalue weighted by molar-refractivity contribution is 5.79. The highest BCUT2D eigenvalue weighted by atomic mass is 19.1. The van der Waals surface area contributed by atoms with E-state index >= 15 is 0 Å². The van der Waals surface area contributed by atoms with Gasteiger partial charge in [0.15, 0.2) is 0 Å². The van der Waals surface area contributed by atoms with Gasteiger partial charge >= 0.3 is 6.09 Å². The van der Waals surface area contributed by atoms with Crippen molar-refractivity contribution in [3.8, 4) is 11.1 Å². The molecule has 0 aliphatic heterocycles. The summed E-state index contributed by atoms with van der Waals surface area (Å²) in [6.07, 6.45) is 2.91. The van der Waals surface area contributed by atoms with E-state index < -0.39 is 17.7 Å². The van der Waals surface area contributed by atoms with Crippen LogP contribution in [0.4, 0.5) is 13.6 Å². The molecule has 0 atom stereocenters. The highest BCUT2D eigenvalue weighted by Gasteiger charge is 2.28. The molecule has 0 saturated carbocycles. The number of hydrogen-bond acceptors (Lipinski definition) is 2. The van der Waals surface area contributed by atoms with Gasteiger partial charge in [0.05, 0.1) is 0 Å². The molecule has 0 radical (unpaired) electrons.